The maximum atomic E-state index is 11.4. The molecule has 0 bridgehead atoms. The first kappa shape index (κ1) is 15.2. The van der Waals surface area contributed by atoms with Crippen molar-refractivity contribution in [1.82, 2.24) is 24.5 Å². The lowest BCUT2D eigenvalue weighted by atomic mass is 10.3. The molecule has 1 N–H and O–H groups in total. The van der Waals surface area contributed by atoms with E-state index in [-0.39, 0.29) is 5.75 Å². The molecule has 1 aliphatic rings. The molecule has 0 unspecified atom stereocenters. The van der Waals surface area contributed by atoms with Gasteiger partial charge in [0, 0.05) is 19.6 Å². The highest BCUT2D eigenvalue weighted by Gasteiger charge is 2.18. The summed E-state index contributed by atoms with van der Waals surface area (Å²) in [4.78, 5) is 10.9. The highest BCUT2D eigenvalue weighted by atomic mass is 32.2. The zero-order chi connectivity index (χ0) is 15.6. The molecule has 8 nitrogen and oxygen atoms in total. The summed E-state index contributed by atoms with van der Waals surface area (Å²) in [6.07, 6.45) is 5.67. The predicted molar refractivity (Wildman–Crippen MR) is 84.2 cm³/mol. The van der Waals surface area contributed by atoms with Gasteiger partial charge in [0.25, 0.3) is 0 Å². The van der Waals surface area contributed by atoms with E-state index in [1.165, 1.54) is 12.8 Å². The van der Waals surface area contributed by atoms with E-state index in [0.29, 0.717) is 13.1 Å². The summed E-state index contributed by atoms with van der Waals surface area (Å²) in [5.74, 6) is 0.997. The summed E-state index contributed by atoms with van der Waals surface area (Å²) in [5.41, 5.74) is 0.743. The number of fused-ring (bicyclic) bond motifs is 1. The lowest BCUT2D eigenvalue weighted by Gasteiger charge is -2.16. The van der Waals surface area contributed by atoms with Gasteiger partial charge >= 0.3 is 0 Å². The number of nitrogens with zero attached hydrogens (tertiary/aromatic N) is 5. The molecular weight excluding hydrogens is 304 g/mol. The van der Waals surface area contributed by atoms with Crippen LogP contribution in [0, 0.1) is 0 Å². The molecule has 9 heteroatoms. The Hall–Kier alpha value is -1.74. The van der Waals surface area contributed by atoms with Gasteiger partial charge in [0.05, 0.1) is 23.9 Å². The fourth-order valence-electron chi connectivity index (χ4n) is 2.63. The van der Waals surface area contributed by atoms with E-state index in [1.807, 2.05) is 0 Å². The first-order chi connectivity index (χ1) is 10.6. The first-order valence-electron chi connectivity index (χ1n) is 7.49. The topological polar surface area (TPSA) is 93.0 Å². The standard InChI is InChI=1S/C13H20N6O2S/c1-2-22(20,21)17-5-8-19-13-11(9-16-19)12(14-10-15-13)18-6-3-4-7-18/h9-10,17H,2-8H2,1H3. The van der Waals surface area contributed by atoms with Crippen molar-refractivity contribution in [3.05, 3.63) is 12.5 Å². The van der Waals surface area contributed by atoms with Crippen LogP contribution in [0.2, 0.25) is 0 Å². The number of sulfonamides is 1. The predicted octanol–water partition coefficient (Wildman–Crippen LogP) is 0.366. The summed E-state index contributed by atoms with van der Waals surface area (Å²) in [6, 6.07) is 0. The number of aromatic nitrogens is 4. The second-order valence-electron chi connectivity index (χ2n) is 5.29. The highest BCUT2D eigenvalue weighted by Crippen LogP contribution is 2.25. The molecule has 0 atom stereocenters. The summed E-state index contributed by atoms with van der Waals surface area (Å²) < 4.78 is 27.1. The van der Waals surface area contributed by atoms with Crippen LogP contribution >= 0.6 is 0 Å². The van der Waals surface area contributed by atoms with Crippen molar-refractivity contribution in [3.8, 4) is 0 Å². The minimum absolute atomic E-state index is 0.0775. The van der Waals surface area contributed by atoms with Crippen LogP contribution in [-0.2, 0) is 16.6 Å². The molecule has 1 saturated heterocycles. The summed E-state index contributed by atoms with van der Waals surface area (Å²) >= 11 is 0. The molecule has 1 fully saturated rings. The van der Waals surface area contributed by atoms with Gasteiger partial charge in [-0.15, -0.1) is 0 Å². The van der Waals surface area contributed by atoms with E-state index in [2.05, 4.69) is 24.7 Å². The van der Waals surface area contributed by atoms with Crippen molar-refractivity contribution in [1.29, 1.82) is 0 Å². The van der Waals surface area contributed by atoms with E-state index in [9.17, 15) is 8.42 Å². The maximum absolute atomic E-state index is 11.4. The second kappa shape index (κ2) is 6.17. The van der Waals surface area contributed by atoms with Gasteiger partial charge in [-0.2, -0.15) is 5.10 Å². The Bertz CT molecular complexity index is 751. The molecule has 0 amide bonds. The van der Waals surface area contributed by atoms with Crippen molar-refractivity contribution >= 4 is 26.9 Å². The van der Waals surface area contributed by atoms with Gasteiger partial charge in [-0.25, -0.2) is 27.8 Å². The maximum Gasteiger partial charge on any atom is 0.211 e. The van der Waals surface area contributed by atoms with E-state index in [4.69, 9.17) is 0 Å². The highest BCUT2D eigenvalue weighted by molar-refractivity contribution is 7.89. The van der Waals surface area contributed by atoms with Gasteiger partial charge in [0.2, 0.25) is 10.0 Å². The number of hydrogen-bond donors (Lipinski definition) is 1. The van der Waals surface area contributed by atoms with Crippen LogP contribution < -0.4 is 9.62 Å². The third kappa shape index (κ3) is 3.05. The molecule has 120 valence electrons. The van der Waals surface area contributed by atoms with E-state index in [1.54, 1.807) is 24.1 Å². The molecule has 0 aromatic carbocycles. The molecule has 3 rings (SSSR count). The summed E-state index contributed by atoms with van der Waals surface area (Å²) in [7, 11) is -3.18. The van der Waals surface area contributed by atoms with Crippen molar-refractivity contribution < 1.29 is 8.42 Å². The minimum atomic E-state index is -3.18. The van der Waals surface area contributed by atoms with Crippen molar-refractivity contribution in [2.75, 3.05) is 30.3 Å². The van der Waals surface area contributed by atoms with Gasteiger partial charge in [0.1, 0.15) is 12.1 Å². The average Bonchev–Trinajstić information content (AvgIpc) is 3.17. The van der Waals surface area contributed by atoms with Crippen LogP contribution in [0.15, 0.2) is 12.5 Å². The second-order valence-corrected chi connectivity index (χ2v) is 7.39. The number of rotatable bonds is 6. The van der Waals surface area contributed by atoms with E-state index in [0.717, 1.165) is 29.9 Å². The molecule has 1 aliphatic heterocycles. The Labute approximate surface area is 129 Å². The van der Waals surface area contributed by atoms with E-state index < -0.39 is 10.0 Å². The summed E-state index contributed by atoms with van der Waals surface area (Å²) in [5, 5.41) is 5.24. The number of hydrogen-bond acceptors (Lipinski definition) is 6. The van der Waals surface area contributed by atoms with Crippen molar-refractivity contribution in [2.24, 2.45) is 0 Å². The first-order valence-corrected chi connectivity index (χ1v) is 9.15. The molecule has 0 saturated carbocycles. The fraction of sp³-hybridized carbons (Fsp3) is 0.615. The quantitative estimate of drug-likeness (QED) is 0.825. The van der Waals surface area contributed by atoms with Crippen molar-refractivity contribution in [2.45, 2.75) is 26.3 Å². The minimum Gasteiger partial charge on any atom is -0.356 e. The monoisotopic (exact) mass is 324 g/mol. The lowest BCUT2D eigenvalue weighted by molar-refractivity contribution is 0.565. The molecule has 0 spiro atoms. The van der Waals surface area contributed by atoms with Crippen LogP contribution in [0.25, 0.3) is 11.0 Å². The zero-order valence-electron chi connectivity index (χ0n) is 12.6. The smallest absolute Gasteiger partial charge is 0.211 e. The van der Waals surface area contributed by atoms with Crippen LogP contribution in [-0.4, -0.2) is 53.6 Å². The SMILES string of the molecule is CCS(=O)(=O)NCCn1ncc2c(N3CCCC3)ncnc21. The Morgan fingerprint density at radius 1 is 1.27 bits per heavy atom. The zero-order valence-corrected chi connectivity index (χ0v) is 13.4. The third-order valence-electron chi connectivity index (χ3n) is 3.84. The fourth-order valence-corrected chi connectivity index (χ4v) is 3.24. The number of anilines is 1. The van der Waals surface area contributed by atoms with E-state index >= 15 is 0 Å². The Morgan fingerprint density at radius 2 is 2.05 bits per heavy atom. The molecular formula is C13H20N6O2S. The van der Waals surface area contributed by atoms with Crippen LogP contribution in [0.1, 0.15) is 19.8 Å². The Kier molecular flexibility index (Phi) is 4.25. The van der Waals surface area contributed by atoms with Gasteiger partial charge in [-0.05, 0) is 19.8 Å². The molecule has 2 aromatic rings. The van der Waals surface area contributed by atoms with Crippen LogP contribution in [0.3, 0.4) is 0 Å². The average molecular weight is 324 g/mol. The van der Waals surface area contributed by atoms with Gasteiger partial charge in [-0.1, -0.05) is 0 Å². The van der Waals surface area contributed by atoms with Crippen LogP contribution in [0.5, 0.6) is 0 Å². The molecule has 3 heterocycles. The van der Waals surface area contributed by atoms with Gasteiger partial charge in [-0.3, -0.25) is 0 Å². The Balaban J connectivity index is 1.79. The largest absolute Gasteiger partial charge is 0.356 e. The lowest BCUT2D eigenvalue weighted by Crippen LogP contribution is -2.29. The molecule has 0 aliphatic carbocycles. The summed E-state index contributed by atoms with van der Waals surface area (Å²) in [6.45, 7) is 4.37. The number of nitrogens with one attached hydrogen (secondary N) is 1. The van der Waals surface area contributed by atoms with Crippen molar-refractivity contribution in [3.63, 3.8) is 0 Å². The van der Waals surface area contributed by atoms with Gasteiger partial charge < -0.3 is 4.90 Å². The molecule has 0 radical (unpaired) electrons. The molecule has 22 heavy (non-hydrogen) atoms. The normalized spacial score (nSPS) is 15.8. The molecule has 2 aromatic heterocycles. The third-order valence-corrected chi connectivity index (χ3v) is 5.25. The Morgan fingerprint density at radius 3 is 2.77 bits per heavy atom. The van der Waals surface area contributed by atoms with Crippen LogP contribution in [0.4, 0.5) is 5.82 Å². The van der Waals surface area contributed by atoms with Gasteiger partial charge in [0.15, 0.2) is 5.65 Å².